The summed E-state index contributed by atoms with van der Waals surface area (Å²) in [4.78, 5) is 0. The maximum Gasteiger partial charge on any atom is 0.254 e. The average molecular weight is 512 g/mol. The Morgan fingerprint density at radius 1 is 0.865 bits per heavy atom. The zero-order chi connectivity index (χ0) is 26.4. The van der Waals surface area contributed by atoms with E-state index >= 15 is 8.78 Å². The molecule has 4 rings (SSSR count). The lowest BCUT2D eigenvalue weighted by Crippen LogP contribution is -2.35. The van der Waals surface area contributed by atoms with Gasteiger partial charge >= 0.3 is 0 Å². The van der Waals surface area contributed by atoms with Crippen molar-refractivity contribution >= 4 is 0 Å². The fraction of sp³-hybridized carbons (Fsp3) is 0.531. The number of alkyl halides is 2. The summed E-state index contributed by atoms with van der Waals surface area (Å²) in [7, 11) is 0. The Balaban J connectivity index is 1.28. The fourth-order valence-electron chi connectivity index (χ4n) is 6.54. The topological polar surface area (TPSA) is 23.8 Å². The lowest BCUT2D eigenvalue weighted by Gasteiger charge is -2.39. The summed E-state index contributed by atoms with van der Waals surface area (Å²) < 4.78 is 58.4. The van der Waals surface area contributed by atoms with E-state index in [1.165, 1.54) is 44.6 Å². The molecule has 0 aromatic heterocycles. The van der Waals surface area contributed by atoms with Crippen LogP contribution in [0.3, 0.4) is 0 Å². The van der Waals surface area contributed by atoms with Crippen molar-refractivity contribution in [3.05, 3.63) is 71.3 Å². The molecule has 0 unspecified atom stereocenters. The Labute approximate surface area is 218 Å². The maximum absolute atomic E-state index is 15.2. The van der Waals surface area contributed by atoms with Gasteiger partial charge in [0.25, 0.3) is 5.92 Å². The highest BCUT2D eigenvalue weighted by Crippen LogP contribution is 2.46. The van der Waals surface area contributed by atoms with E-state index in [-0.39, 0.29) is 12.0 Å². The summed E-state index contributed by atoms with van der Waals surface area (Å²) in [6, 6.07) is 10.1. The summed E-state index contributed by atoms with van der Waals surface area (Å²) in [5.74, 6) is -3.10. The van der Waals surface area contributed by atoms with Gasteiger partial charge in [0.2, 0.25) is 0 Å². The van der Waals surface area contributed by atoms with Crippen LogP contribution in [0, 0.1) is 46.6 Å². The number of hydrogen-bond donors (Lipinski definition) is 0. The number of allylic oxidation sites excluding steroid dienone is 2. The molecule has 0 heterocycles. The van der Waals surface area contributed by atoms with E-state index in [2.05, 4.69) is 19.1 Å². The molecule has 2 aromatic carbocycles. The predicted molar refractivity (Wildman–Crippen MR) is 140 cm³/mol. The van der Waals surface area contributed by atoms with Crippen molar-refractivity contribution in [1.29, 1.82) is 5.26 Å². The Bertz CT molecular complexity index is 1080. The Hall–Kier alpha value is -2.61. The molecule has 37 heavy (non-hydrogen) atoms. The highest BCUT2D eigenvalue weighted by Gasteiger charge is 2.42. The summed E-state index contributed by atoms with van der Waals surface area (Å²) in [6.45, 7) is 2.07. The molecule has 2 aliphatic carbocycles. The first-order valence-corrected chi connectivity index (χ1v) is 13.8. The molecule has 2 aliphatic rings. The zero-order valence-corrected chi connectivity index (χ0v) is 21.7. The van der Waals surface area contributed by atoms with Gasteiger partial charge in [0, 0.05) is 12.3 Å². The van der Waals surface area contributed by atoms with Crippen LogP contribution in [0.15, 0.2) is 48.6 Å². The van der Waals surface area contributed by atoms with Crippen molar-refractivity contribution in [2.24, 2.45) is 23.7 Å². The number of hydrogen-bond acceptors (Lipinski definition) is 1. The van der Waals surface area contributed by atoms with E-state index in [1.54, 1.807) is 24.3 Å². The monoisotopic (exact) mass is 511 g/mol. The van der Waals surface area contributed by atoms with Crippen LogP contribution in [0.1, 0.15) is 82.3 Å². The lowest BCUT2D eigenvalue weighted by molar-refractivity contribution is -0.0777. The van der Waals surface area contributed by atoms with Gasteiger partial charge in [-0.15, -0.1) is 0 Å². The van der Waals surface area contributed by atoms with E-state index in [4.69, 9.17) is 5.26 Å². The molecule has 0 amide bonds. The number of halogens is 4. The molecule has 0 bridgehead atoms. The second-order valence-electron chi connectivity index (χ2n) is 11.1. The predicted octanol–water partition coefficient (Wildman–Crippen LogP) is 9.65. The molecular formula is C32H37F4N. The van der Waals surface area contributed by atoms with Gasteiger partial charge < -0.3 is 0 Å². The minimum atomic E-state index is -2.77. The van der Waals surface area contributed by atoms with E-state index in [0.717, 1.165) is 30.9 Å². The first kappa shape index (κ1) is 27.4. The number of benzene rings is 2. The standard InChI is InChI=1S/C32H37F4N/c1-2-3-4-5-22-6-10-24(11-7-22)25-14-16-28(17-15-25)32(35,36)20-23-8-12-26(13-9-23)27-18-30(33)29(21-37)31(34)19-27/h2-3,8-9,12-13,18-19,22,24-25,28H,4-7,10-11,14-17,20H2,1H3/b3-2+. The summed E-state index contributed by atoms with van der Waals surface area (Å²) >= 11 is 0. The van der Waals surface area contributed by atoms with Crippen LogP contribution in [-0.2, 0) is 6.42 Å². The van der Waals surface area contributed by atoms with Crippen LogP contribution >= 0.6 is 0 Å². The summed E-state index contributed by atoms with van der Waals surface area (Å²) in [5.41, 5.74) is 0.688. The van der Waals surface area contributed by atoms with Crippen molar-refractivity contribution in [3.8, 4) is 17.2 Å². The molecule has 0 atom stereocenters. The minimum absolute atomic E-state index is 0.275. The second-order valence-corrected chi connectivity index (χ2v) is 11.1. The van der Waals surface area contributed by atoms with Gasteiger partial charge in [0.15, 0.2) is 0 Å². The first-order valence-electron chi connectivity index (χ1n) is 13.8. The Morgan fingerprint density at radius 3 is 1.97 bits per heavy atom. The van der Waals surface area contributed by atoms with Crippen LogP contribution in [0.2, 0.25) is 0 Å². The van der Waals surface area contributed by atoms with Gasteiger partial charge in [-0.25, -0.2) is 17.6 Å². The number of rotatable bonds is 8. The SMILES string of the molecule is C/C=C/CCC1CCC(C2CCC(C(F)(F)Cc3ccc(-c4cc(F)c(C#N)c(F)c4)cc3)CC2)CC1. The first-order chi connectivity index (χ1) is 17.8. The molecule has 1 nitrogen and oxygen atoms in total. The van der Waals surface area contributed by atoms with E-state index in [1.807, 2.05) is 0 Å². The summed E-state index contributed by atoms with van der Waals surface area (Å²) in [5, 5.41) is 8.83. The minimum Gasteiger partial charge on any atom is -0.206 e. The van der Waals surface area contributed by atoms with Crippen molar-refractivity contribution in [1.82, 2.24) is 0 Å². The third-order valence-corrected chi connectivity index (χ3v) is 8.79. The van der Waals surface area contributed by atoms with Crippen molar-refractivity contribution in [2.75, 3.05) is 0 Å². The van der Waals surface area contributed by atoms with Crippen molar-refractivity contribution < 1.29 is 17.6 Å². The van der Waals surface area contributed by atoms with Gasteiger partial charge in [-0.05, 0) is 105 Å². The van der Waals surface area contributed by atoms with Crippen LogP contribution in [0.25, 0.3) is 11.1 Å². The zero-order valence-electron chi connectivity index (χ0n) is 21.7. The Kier molecular flexibility index (Phi) is 9.11. The molecule has 2 fully saturated rings. The molecule has 5 heteroatoms. The average Bonchev–Trinajstić information content (AvgIpc) is 2.89. The van der Waals surface area contributed by atoms with Crippen molar-refractivity contribution in [3.63, 3.8) is 0 Å². The molecule has 0 spiro atoms. The molecule has 2 aromatic rings. The molecule has 2 saturated carbocycles. The van der Waals surface area contributed by atoms with Gasteiger partial charge in [0.1, 0.15) is 23.3 Å². The van der Waals surface area contributed by atoms with Gasteiger partial charge in [0.05, 0.1) is 0 Å². The third-order valence-electron chi connectivity index (χ3n) is 8.79. The van der Waals surface area contributed by atoms with E-state index < -0.39 is 29.0 Å². The highest BCUT2D eigenvalue weighted by molar-refractivity contribution is 5.65. The highest BCUT2D eigenvalue weighted by atomic mass is 19.3. The molecule has 0 saturated heterocycles. The van der Waals surface area contributed by atoms with E-state index in [0.29, 0.717) is 35.8 Å². The smallest absolute Gasteiger partial charge is 0.206 e. The molecule has 0 radical (unpaired) electrons. The lowest BCUT2D eigenvalue weighted by atomic mass is 9.67. The fourth-order valence-corrected chi connectivity index (χ4v) is 6.54. The second kappa shape index (κ2) is 12.3. The third kappa shape index (κ3) is 6.83. The summed E-state index contributed by atoms with van der Waals surface area (Å²) in [6.07, 6.45) is 14.6. The molecular weight excluding hydrogens is 474 g/mol. The molecule has 198 valence electrons. The van der Waals surface area contributed by atoms with E-state index in [9.17, 15) is 8.78 Å². The van der Waals surface area contributed by atoms with Gasteiger partial charge in [-0.2, -0.15) is 5.26 Å². The Morgan fingerprint density at radius 2 is 1.43 bits per heavy atom. The molecule has 0 N–H and O–H groups in total. The molecule has 0 aliphatic heterocycles. The number of nitriles is 1. The van der Waals surface area contributed by atoms with Crippen LogP contribution in [-0.4, -0.2) is 5.92 Å². The van der Waals surface area contributed by atoms with Gasteiger partial charge in [-0.3, -0.25) is 0 Å². The van der Waals surface area contributed by atoms with Crippen LogP contribution < -0.4 is 0 Å². The van der Waals surface area contributed by atoms with Crippen molar-refractivity contribution in [2.45, 2.75) is 83.5 Å². The number of nitrogens with zero attached hydrogens (tertiary/aromatic N) is 1. The maximum atomic E-state index is 15.2. The van der Waals surface area contributed by atoms with Gasteiger partial charge in [-0.1, -0.05) is 49.3 Å². The quantitative estimate of drug-likeness (QED) is 0.256. The largest absolute Gasteiger partial charge is 0.254 e. The van der Waals surface area contributed by atoms with Crippen LogP contribution in [0.4, 0.5) is 17.6 Å². The normalized spacial score (nSPS) is 24.8. The van der Waals surface area contributed by atoms with Crippen LogP contribution in [0.5, 0.6) is 0 Å².